The summed E-state index contributed by atoms with van der Waals surface area (Å²) >= 11 is 5.81. The van der Waals surface area contributed by atoms with E-state index < -0.39 is 18.5 Å². The number of amides is 1. The van der Waals surface area contributed by atoms with Crippen molar-refractivity contribution in [2.24, 2.45) is 0 Å². The summed E-state index contributed by atoms with van der Waals surface area (Å²) in [6.45, 7) is 1.37. The van der Waals surface area contributed by atoms with Crippen molar-refractivity contribution in [3.05, 3.63) is 52.9 Å². The average molecular weight is 335 g/mol. The SMILES string of the molecule is C[C@@H](NC(=O)COC(=O)c1nccnc1N)c1ccc(Cl)cc1. The minimum absolute atomic E-state index is 0.0487. The molecule has 2 rings (SSSR count). The second kappa shape index (κ2) is 7.55. The molecule has 1 heterocycles. The third-order valence-corrected chi connectivity index (χ3v) is 3.25. The zero-order chi connectivity index (χ0) is 16.8. The van der Waals surface area contributed by atoms with Gasteiger partial charge < -0.3 is 15.8 Å². The van der Waals surface area contributed by atoms with Crippen LogP contribution in [0.1, 0.15) is 29.0 Å². The van der Waals surface area contributed by atoms with E-state index in [1.165, 1.54) is 12.4 Å². The number of nitrogen functional groups attached to an aromatic ring is 1. The fourth-order valence-corrected chi connectivity index (χ4v) is 1.95. The van der Waals surface area contributed by atoms with Gasteiger partial charge in [0.15, 0.2) is 18.1 Å². The van der Waals surface area contributed by atoms with E-state index in [1.807, 2.05) is 6.92 Å². The van der Waals surface area contributed by atoms with Gasteiger partial charge in [-0.3, -0.25) is 4.79 Å². The molecule has 0 saturated heterocycles. The Kier molecular flexibility index (Phi) is 5.48. The minimum atomic E-state index is -0.801. The van der Waals surface area contributed by atoms with Crippen molar-refractivity contribution in [3.8, 4) is 0 Å². The van der Waals surface area contributed by atoms with Gasteiger partial charge in [-0.2, -0.15) is 0 Å². The summed E-state index contributed by atoms with van der Waals surface area (Å²) in [7, 11) is 0. The molecule has 0 spiro atoms. The molecule has 1 aromatic heterocycles. The Hall–Kier alpha value is -2.67. The molecule has 0 fully saturated rings. The summed E-state index contributed by atoms with van der Waals surface area (Å²) < 4.78 is 4.87. The number of carbonyl (C=O) groups excluding carboxylic acids is 2. The van der Waals surface area contributed by atoms with E-state index in [0.717, 1.165) is 5.56 Å². The highest BCUT2D eigenvalue weighted by atomic mass is 35.5. The van der Waals surface area contributed by atoms with Crippen molar-refractivity contribution in [1.29, 1.82) is 0 Å². The van der Waals surface area contributed by atoms with Crippen LogP contribution in [0.2, 0.25) is 5.02 Å². The van der Waals surface area contributed by atoms with Crippen molar-refractivity contribution >= 4 is 29.3 Å². The summed E-state index contributed by atoms with van der Waals surface area (Å²) in [5.74, 6) is -1.29. The molecule has 3 N–H and O–H groups in total. The first-order valence-electron chi connectivity index (χ1n) is 6.76. The maximum Gasteiger partial charge on any atom is 0.361 e. The molecular weight excluding hydrogens is 320 g/mol. The molecule has 1 atom stereocenters. The van der Waals surface area contributed by atoms with Gasteiger partial charge >= 0.3 is 5.97 Å². The lowest BCUT2D eigenvalue weighted by molar-refractivity contribution is -0.124. The number of rotatable bonds is 5. The molecular formula is C15H15ClN4O3. The standard InChI is InChI=1S/C15H15ClN4O3/c1-9(10-2-4-11(16)5-3-10)20-12(21)8-23-15(22)13-14(17)19-7-6-18-13/h2-7,9H,8H2,1H3,(H2,17,19)(H,20,21)/t9-/m1/s1. The minimum Gasteiger partial charge on any atom is -0.451 e. The number of benzene rings is 1. The molecule has 7 nitrogen and oxygen atoms in total. The van der Waals surface area contributed by atoms with Crippen LogP contribution < -0.4 is 11.1 Å². The zero-order valence-electron chi connectivity index (χ0n) is 12.3. The van der Waals surface area contributed by atoms with E-state index in [2.05, 4.69) is 15.3 Å². The molecule has 120 valence electrons. The molecule has 2 aromatic rings. The van der Waals surface area contributed by atoms with Crippen molar-refractivity contribution in [3.63, 3.8) is 0 Å². The third-order valence-electron chi connectivity index (χ3n) is 3.00. The molecule has 1 aromatic carbocycles. The summed E-state index contributed by atoms with van der Waals surface area (Å²) in [5.41, 5.74) is 6.27. The molecule has 8 heteroatoms. The Bertz CT molecular complexity index is 706. The van der Waals surface area contributed by atoms with Crippen LogP contribution in [-0.2, 0) is 9.53 Å². The Morgan fingerprint density at radius 2 is 1.91 bits per heavy atom. The van der Waals surface area contributed by atoms with Crippen LogP contribution >= 0.6 is 11.6 Å². The number of nitrogens with zero attached hydrogens (tertiary/aromatic N) is 2. The predicted octanol–water partition coefficient (Wildman–Crippen LogP) is 1.75. The van der Waals surface area contributed by atoms with E-state index in [0.29, 0.717) is 5.02 Å². The van der Waals surface area contributed by atoms with Crippen molar-refractivity contribution in [2.75, 3.05) is 12.3 Å². The topological polar surface area (TPSA) is 107 Å². The van der Waals surface area contributed by atoms with E-state index in [4.69, 9.17) is 22.1 Å². The quantitative estimate of drug-likeness (QED) is 0.806. The highest BCUT2D eigenvalue weighted by Gasteiger charge is 2.16. The Labute approximate surface area is 137 Å². The Morgan fingerprint density at radius 1 is 1.26 bits per heavy atom. The molecule has 0 aliphatic heterocycles. The number of nitrogens with one attached hydrogen (secondary N) is 1. The molecule has 0 radical (unpaired) electrons. The number of hydrogen-bond donors (Lipinski definition) is 2. The molecule has 0 saturated carbocycles. The van der Waals surface area contributed by atoms with Gasteiger partial charge in [0.05, 0.1) is 6.04 Å². The maximum absolute atomic E-state index is 11.8. The lowest BCUT2D eigenvalue weighted by Gasteiger charge is -2.14. The molecule has 0 unspecified atom stereocenters. The second-order valence-corrected chi connectivity index (χ2v) is 5.14. The van der Waals surface area contributed by atoms with Crippen LogP contribution in [0, 0.1) is 0 Å². The summed E-state index contributed by atoms with van der Waals surface area (Å²) in [5, 5.41) is 3.32. The lowest BCUT2D eigenvalue weighted by atomic mass is 10.1. The van der Waals surface area contributed by atoms with E-state index in [-0.39, 0.29) is 17.6 Å². The van der Waals surface area contributed by atoms with Gasteiger partial charge in [-0.1, -0.05) is 23.7 Å². The first-order valence-corrected chi connectivity index (χ1v) is 7.13. The van der Waals surface area contributed by atoms with Gasteiger partial charge in [-0.25, -0.2) is 14.8 Å². The summed E-state index contributed by atoms with van der Waals surface area (Å²) in [6.07, 6.45) is 2.67. The first kappa shape index (κ1) is 16.7. The van der Waals surface area contributed by atoms with Crippen molar-refractivity contribution in [2.45, 2.75) is 13.0 Å². The van der Waals surface area contributed by atoms with Gasteiger partial charge in [0.25, 0.3) is 5.91 Å². The van der Waals surface area contributed by atoms with E-state index >= 15 is 0 Å². The van der Waals surface area contributed by atoms with Crippen LogP contribution in [0.15, 0.2) is 36.7 Å². The molecule has 23 heavy (non-hydrogen) atoms. The normalized spacial score (nSPS) is 11.6. The van der Waals surface area contributed by atoms with Gasteiger partial charge in [-0.05, 0) is 24.6 Å². The monoisotopic (exact) mass is 334 g/mol. The van der Waals surface area contributed by atoms with Gasteiger partial charge in [0.1, 0.15) is 0 Å². The maximum atomic E-state index is 11.8. The Morgan fingerprint density at radius 3 is 2.57 bits per heavy atom. The first-order chi connectivity index (χ1) is 11.0. The van der Waals surface area contributed by atoms with Crippen molar-refractivity contribution in [1.82, 2.24) is 15.3 Å². The van der Waals surface area contributed by atoms with E-state index in [1.54, 1.807) is 24.3 Å². The smallest absolute Gasteiger partial charge is 0.361 e. The third kappa shape index (κ3) is 4.65. The number of nitrogens with two attached hydrogens (primary N) is 1. The van der Waals surface area contributed by atoms with E-state index in [9.17, 15) is 9.59 Å². The van der Waals surface area contributed by atoms with Crippen molar-refractivity contribution < 1.29 is 14.3 Å². The van der Waals surface area contributed by atoms with Crippen LogP contribution in [0.25, 0.3) is 0 Å². The largest absolute Gasteiger partial charge is 0.451 e. The zero-order valence-corrected chi connectivity index (χ0v) is 13.1. The summed E-state index contributed by atoms with van der Waals surface area (Å²) in [4.78, 5) is 31.1. The van der Waals surface area contributed by atoms with Crippen LogP contribution in [0.3, 0.4) is 0 Å². The highest BCUT2D eigenvalue weighted by Crippen LogP contribution is 2.15. The molecule has 0 aliphatic rings. The fourth-order valence-electron chi connectivity index (χ4n) is 1.82. The van der Waals surface area contributed by atoms with Gasteiger partial charge in [-0.15, -0.1) is 0 Å². The number of halogens is 1. The number of esters is 1. The predicted molar refractivity (Wildman–Crippen MR) is 84.7 cm³/mol. The number of carbonyl (C=O) groups is 2. The Balaban J connectivity index is 1.86. The highest BCUT2D eigenvalue weighted by molar-refractivity contribution is 6.30. The van der Waals surface area contributed by atoms with Crippen LogP contribution in [0.4, 0.5) is 5.82 Å². The van der Waals surface area contributed by atoms with Gasteiger partial charge in [0, 0.05) is 17.4 Å². The summed E-state index contributed by atoms with van der Waals surface area (Å²) in [6, 6.07) is 6.83. The molecule has 0 aliphatic carbocycles. The number of hydrogen-bond acceptors (Lipinski definition) is 6. The number of aromatic nitrogens is 2. The van der Waals surface area contributed by atoms with Crippen LogP contribution in [0.5, 0.6) is 0 Å². The van der Waals surface area contributed by atoms with Crippen LogP contribution in [-0.4, -0.2) is 28.5 Å². The lowest BCUT2D eigenvalue weighted by Crippen LogP contribution is -2.31. The fraction of sp³-hybridized carbons (Fsp3) is 0.200. The number of anilines is 1. The van der Waals surface area contributed by atoms with Gasteiger partial charge in [0.2, 0.25) is 0 Å². The second-order valence-electron chi connectivity index (χ2n) is 4.71. The molecule has 1 amide bonds. The average Bonchev–Trinajstić information content (AvgIpc) is 2.53. The molecule has 0 bridgehead atoms. The number of ether oxygens (including phenoxy) is 1.